The molecule has 0 aromatic carbocycles. The molecular formula is C16H23N5O. The van der Waals surface area contributed by atoms with Crippen molar-refractivity contribution in [2.75, 3.05) is 18.9 Å². The first-order valence-electron chi connectivity index (χ1n) is 7.71. The lowest BCUT2D eigenvalue weighted by Crippen LogP contribution is -2.30. The van der Waals surface area contributed by atoms with Crippen LogP contribution in [0.1, 0.15) is 23.9 Å². The molecule has 0 aliphatic carbocycles. The van der Waals surface area contributed by atoms with Crippen molar-refractivity contribution in [2.45, 2.75) is 33.4 Å². The van der Waals surface area contributed by atoms with Gasteiger partial charge < -0.3 is 9.88 Å². The summed E-state index contributed by atoms with van der Waals surface area (Å²) in [4.78, 5) is 14.7. The van der Waals surface area contributed by atoms with Crippen molar-refractivity contribution in [3.05, 3.63) is 39.4 Å². The third kappa shape index (κ3) is 2.54. The lowest BCUT2D eigenvalue weighted by molar-refractivity contribution is 0.259. The molecule has 6 heteroatoms. The number of aryl methyl sites for hydroxylation is 1. The van der Waals surface area contributed by atoms with Crippen molar-refractivity contribution in [3.63, 3.8) is 0 Å². The molecule has 118 valence electrons. The number of nitrogens with zero attached hydrogens (tertiary/aromatic N) is 4. The average Bonchev–Trinajstić information content (AvgIpc) is 2.86. The second-order valence-corrected chi connectivity index (χ2v) is 6.01. The smallest absolute Gasteiger partial charge is 0.274 e. The zero-order chi connectivity index (χ0) is 15.9. The van der Waals surface area contributed by atoms with Crippen LogP contribution in [0.2, 0.25) is 0 Å². The number of anilines is 2. The standard InChI is InChI=1S/C16H23N5O/c1-5-14-11(2)8-13(16(22)20(14)4)17-15-9-12-10-19(3)6-7-21(12)18-15/h8-9H,5-7,10H2,1-4H3,(H,17,18). The van der Waals surface area contributed by atoms with E-state index in [-0.39, 0.29) is 5.56 Å². The third-order valence-corrected chi connectivity index (χ3v) is 4.34. The molecule has 1 aliphatic rings. The Morgan fingerprint density at radius 2 is 2.05 bits per heavy atom. The van der Waals surface area contributed by atoms with Gasteiger partial charge in [0.25, 0.3) is 5.56 Å². The summed E-state index contributed by atoms with van der Waals surface area (Å²) in [6, 6.07) is 3.95. The zero-order valence-corrected chi connectivity index (χ0v) is 13.7. The lowest BCUT2D eigenvalue weighted by atomic mass is 10.1. The average molecular weight is 301 g/mol. The van der Waals surface area contributed by atoms with E-state index < -0.39 is 0 Å². The maximum Gasteiger partial charge on any atom is 0.274 e. The molecule has 0 saturated carbocycles. The molecule has 0 spiro atoms. The van der Waals surface area contributed by atoms with E-state index in [0.717, 1.165) is 43.1 Å². The molecule has 3 heterocycles. The Morgan fingerprint density at radius 1 is 1.27 bits per heavy atom. The van der Waals surface area contributed by atoms with Gasteiger partial charge in [0, 0.05) is 31.9 Å². The van der Waals surface area contributed by atoms with E-state index in [2.05, 4.69) is 29.3 Å². The van der Waals surface area contributed by atoms with Crippen molar-refractivity contribution in [1.29, 1.82) is 0 Å². The van der Waals surface area contributed by atoms with Crippen LogP contribution in [0.5, 0.6) is 0 Å². The molecule has 0 fully saturated rings. The van der Waals surface area contributed by atoms with Crippen molar-refractivity contribution >= 4 is 11.5 Å². The summed E-state index contributed by atoms with van der Waals surface area (Å²) in [5.41, 5.74) is 3.94. The second-order valence-electron chi connectivity index (χ2n) is 6.01. The summed E-state index contributed by atoms with van der Waals surface area (Å²) in [5, 5.41) is 7.75. The minimum Gasteiger partial charge on any atom is -0.334 e. The Hall–Kier alpha value is -2.08. The number of nitrogens with one attached hydrogen (secondary N) is 1. The highest BCUT2D eigenvalue weighted by Gasteiger charge is 2.16. The van der Waals surface area contributed by atoms with Gasteiger partial charge in [-0.2, -0.15) is 5.10 Å². The topological polar surface area (TPSA) is 55.1 Å². The van der Waals surface area contributed by atoms with Crippen LogP contribution in [0.3, 0.4) is 0 Å². The highest BCUT2D eigenvalue weighted by molar-refractivity contribution is 5.56. The van der Waals surface area contributed by atoms with Gasteiger partial charge in [-0.15, -0.1) is 0 Å². The predicted octanol–water partition coefficient (Wildman–Crippen LogP) is 1.64. The van der Waals surface area contributed by atoms with Gasteiger partial charge in [-0.1, -0.05) is 6.92 Å². The van der Waals surface area contributed by atoms with Crippen molar-refractivity contribution < 1.29 is 0 Å². The van der Waals surface area contributed by atoms with E-state index in [1.165, 1.54) is 5.69 Å². The van der Waals surface area contributed by atoms with Gasteiger partial charge in [0.2, 0.25) is 0 Å². The molecule has 0 radical (unpaired) electrons. The Balaban J connectivity index is 1.93. The van der Waals surface area contributed by atoms with Gasteiger partial charge in [0.15, 0.2) is 5.82 Å². The molecule has 2 aromatic heterocycles. The third-order valence-electron chi connectivity index (χ3n) is 4.34. The number of hydrogen-bond acceptors (Lipinski definition) is 4. The summed E-state index contributed by atoms with van der Waals surface area (Å²) in [5.74, 6) is 0.742. The summed E-state index contributed by atoms with van der Waals surface area (Å²) in [6.07, 6.45) is 0.850. The fraction of sp³-hybridized carbons (Fsp3) is 0.500. The molecule has 1 N–H and O–H groups in total. The molecule has 6 nitrogen and oxygen atoms in total. The zero-order valence-electron chi connectivity index (χ0n) is 13.7. The number of hydrogen-bond donors (Lipinski definition) is 1. The fourth-order valence-corrected chi connectivity index (χ4v) is 3.13. The fourth-order valence-electron chi connectivity index (χ4n) is 3.13. The van der Waals surface area contributed by atoms with Crippen LogP contribution >= 0.6 is 0 Å². The highest BCUT2D eigenvalue weighted by Crippen LogP contribution is 2.19. The van der Waals surface area contributed by atoms with Crippen molar-refractivity contribution in [2.24, 2.45) is 7.05 Å². The first-order chi connectivity index (χ1) is 10.5. The van der Waals surface area contributed by atoms with Crippen molar-refractivity contribution in [1.82, 2.24) is 19.2 Å². The van der Waals surface area contributed by atoms with E-state index >= 15 is 0 Å². The van der Waals surface area contributed by atoms with Crippen LogP contribution < -0.4 is 10.9 Å². The van der Waals surface area contributed by atoms with Crippen molar-refractivity contribution in [3.8, 4) is 0 Å². The lowest BCUT2D eigenvalue weighted by Gasteiger charge is -2.22. The Kier molecular flexibility index (Phi) is 3.78. The Morgan fingerprint density at radius 3 is 2.77 bits per heavy atom. The molecule has 0 saturated heterocycles. The molecule has 22 heavy (non-hydrogen) atoms. The van der Waals surface area contributed by atoms with E-state index in [1.54, 1.807) is 4.57 Å². The van der Waals surface area contributed by atoms with Crippen LogP contribution in [0.4, 0.5) is 11.5 Å². The minimum absolute atomic E-state index is 0.00876. The normalized spacial score (nSPS) is 14.9. The molecule has 2 aromatic rings. The van der Waals surface area contributed by atoms with E-state index in [1.807, 2.05) is 30.8 Å². The van der Waals surface area contributed by atoms with Gasteiger partial charge in [-0.05, 0) is 32.0 Å². The van der Waals surface area contributed by atoms with Gasteiger partial charge in [-0.3, -0.25) is 14.4 Å². The van der Waals surface area contributed by atoms with Gasteiger partial charge in [-0.25, -0.2) is 0 Å². The molecule has 3 rings (SSSR count). The highest BCUT2D eigenvalue weighted by atomic mass is 16.1. The number of pyridine rings is 1. The first-order valence-corrected chi connectivity index (χ1v) is 7.71. The SMILES string of the molecule is CCc1c(C)cc(Nc2cc3n(n2)CCN(C)C3)c(=O)n1C. The van der Waals surface area contributed by atoms with Crippen LogP contribution in [-0.4, -0.2) is 32.8 Å². The van der Waals surface area contributed by atoms with Crippen LogP contribution in [0.25, 0.3) is 0 Å². The quantitative estimate of drug-likeness (QED) is 0.936. The van der Waals surface area contributed by atoms with Gasteiger partial charge >= 0.3 is 0 Å². The first kappa shape index (κ1) is 14.8. The molecule has 0 amide bonds. The molecule has 0 atom stereocenters. The van der Waals surface area contributed by atoms with E-state index in [9.17, 15) is 4.79 Å². The monoisotopic (exact) mass is 301 g/mol. The number of likely N-dealkylation sites (N-methyl/N-ethyl adjacent to an activating group) is 1. The molecule has 0 bridgehead atoms. The number of aromatic nitrogens is 3. The van der Waals surface area contributed by atoms with Crippen LogP contribution in [0.15, 0.2) is 16.9 Å². The number of rotatable bonds is 3. The number of fused-ring (bicyclic) bond motifs is 1. The predicted molar refractivity (Wildman–Crippen MR) is 87.6 cm³/mol. The molecular weight excluding hydrogens is 278 g/mol. The summed E-state index contributed by atoms with van der Waals surface area (Å²) in [6.45, 7) is 6.88. The van der Waals surface area contributed by atoms with Crippen LogP contribution in [0, 0.1) is 6.92 Å². The summed E-state index contributed by atoms with van der Waals surface area (Å²) in [7, 11) is 3.93. The Labute approximate surface area is 130 Å². The van der Waals surface area contributed by atoms with Gasteiger partial charge in [0.1, 0.15) is 5.69 Å². The summed E-state index contributed by atoms with van der Waals surface area (Å²) < 4.78 is 3.74. The maximum atomic E-state index is 12.5. The molecule has 0 unspecified atom stereocenters. The summed E-state index contributed by atoms with van der Waals surface area (Å²) >= 11 is 0. The second kappa shape index (κ2) is 5.61. The molecule has 1 aliphatic heterocycles. The van der Waals surface area contributed by atoms with E-state index in [0.29, 0.717) is 5.69 Å². The minimum atomic E-state index is -0.00876. The maximum absolute atomic E-state index is 12.5. The Bertz CT molecular complexity index is 759. The van der Waals surface area contributed by atoms with Gasteiger partial charge in [0.05, 0.1) is 12.2 Å². The largest absolute Gasteiger partial charge is 0.334 e. The van der Waals surface area contributed by atoms with Crippen LogP contribution in [-0.2, 0) is 26.6 Å². The van der Waals surface area contributed by atoms with E-state index in [4.69, 9.17) is 0 Å².